The van der Waals surface area contributed by atoms with Gasteiger partial charge in [-0.3, -0.25) is 4.57 Å². The smallest absolute Gasteiger partial charge is 0.304 e. The van der Waals surface area contributed by atoms with Crippen molar-refractivity contribution in [2.45, 2.75) is 51.1 Å². The third-order valence-corrected chi connectivity index (χ3v) is 5.25. The molecule has 5 heteroatoms. The molecule has 0 saturated carbocycles. The first-order valence-electron chi connectivity index (χ1n) is 5.30. The Bertz CT molecular complexity index is 238. The van der Waals surface area contributed by atoms with E-state index in [9.17, 15) is 4.57 Å². The average Bonchev–Trinajstić information content (AvgIpc) is 2.52. The molecule has 0 aromatic rings. The molecule has 2 aliphatic heterocycles. The molecule has 0 amide bonds. The van der Waals surface area contributed by atoms with Gasteiger partial charge in [-0.15, -0.1) is 0 Å². The fourth-order valence-electron chi connectivity index (χ4n) is 2.16. The SMILES string of the molecule is CC1CC(C)OP(=O)(C2CCCN2)O1. The molecule has 0 aliphatic carbocycles. The van der Waals surface area contributed by atoms with E-state index in [1.807, 2.05) is 13.8 Å². The van der Waals surface area contributed by atoms with Gasteiger partial charge in [0.1, 0.15) is 5.78 Å². The zero-order valence-electron chi connectivity index (χ0n) is 8.73. The molecule has 2 heterocycles. The van der Waals surface area contributed by atoms with Crippen LogP contribution in [0, 0.1) is 0 Å². The highest BCUT2D eigenvalue weighted by atomic mass is 31.2. The van der Waals surface area contributed by atoms with E-state index >= 15 is 0 Å². The lowest BCUT2D eigenvalue weighted by Gasteiger charge is -2.34. The maximum atomic E-state index is 12.3. The third kappa shape index (κ3) is 2.03. The van der Waals surface area contributed by atoms with Crippen LogP contribution in [0.1, 0.15) is 33.1 Å². The molecule has 0 radical (unpaired) electrons. The number of rotatable bonds is 1. The van der Waals surface area contributed by atoms with Crippen molar-refractivity contribution in [3.8, 4) is 0 Å². The van der Waals surface area contributed by atoms with Crippen LogP contribution in [0.15, 0.2) is 0 Å². The molecular weight excluding hydrogens is 201 g/mol. The summed E-state index contributed by atoms with van der Waals surface area (Å²) < 4.78 is 23.3. The second-order valence-electron chi connectivity index (χ2n) is 4.22. The van der Waals surface area contributed by atoms with E-state index in [4.69, 9.17) is 9.05 Å². The van der Waals surface area contributed by atoms with Gasteiger partial charge in [-0.2, -0.15) is 0 Å². The van der Waals surface area contributed by atoms with Gasteiger partial charge in [-0.1, -0.05) is 0 Å². The van der Waals surface area contributed by atoms with E-state index in [0.717, 1.165) is 25.8 Å². The lowest BCUT2D eigenvalue weighted by atomic mass is 10.2. The van der Waals surface area contributed by atoms with Gasteiger partial charge in [0, 0.05) is 6.42 Å². The van der Waals surface area contributed by atoms with Crippen molar-refractivity contribution >= 4 is 7.60 Å². The fourth-order valence-corrected chi connectivity index (χ4v) is 4.53. The monoisotopic (exact) mass is 219 g/mol. The molecule has 82 valence electrons. The predicted octanol–water partition coefficient (Wildman–Crippen LogP) is 2.10. The average molecular weight is 219 g/mol. The van der Waals surface area contributed by atoms with Crippen molar-refractivity contribution in [3.05, 3.63) is 0 Å². The van der Waals surface area contributed by atoms with Crippen LogP contribution < -0.4 is 5.32 Å². The summed E-state index contributed by atoms with van der Waals surface area (Å²) in [5.74, 6) is -0.0762. The third-order valence-electron chi connectivity index (χ3n) is 2.73. The molecule has 0 bridgehead atoms. The highest BCUT2D eigenvalue weighted by molar-refractivity contribution is 7.54. The van der Waals surface area contributed by atoms with Gasteiger partial charge in [0.15, 0.2) is 0 Å². The van der Waals surface area contributed by atoms with Crippen LogP contribution in [0.4, 0.5) is 0 Å². The summed E-state index contributed by atoms with van der Waals surface area (Å²) >= 11 is 0. The van der Waals surface area contributed by atoms with Crippen molar-refractivity contribution in [2.24, 2.45) is 0 Å². The number of nitrogens with one attached hydrogen (secondary N) is 1. The minimum Gasteiger partial charge on any atom is -0.304 e. The molecule has 2 aliphatic rings. The minimum atomic E-state index is -2.88. The Kier molecular flexibility index (Phi) is 2.98. The molecule has 3 atom stereocenters. The quantitative estimate of drug-likeness (QED) is 0.686. The van der Waals surface area contributed by atoms with Gasteiger partial charge in [0.05, 0.1) is 12.2 Å². The Morgan fingerprint density at radius 3 is 2.43 bits per heavy atom. The molecule has 1 N–H and O–H groups in total. The van der Waals surface area contributed by atoms with E-state index in [1.54, 1.807) is 0 Å². The van der Waals surface area contributed by atoms with Crippen LogP contribution in [0.5, 0.6) is 0 Å². The van der Waals surface area contributed by atoms with Crippen LogP contribution in [-0.4, -0.2) is 24.5 Å². The van der Waals surface area contributed by atoms with Gasteiger partial charge < -0.3 is 14.4 Å². The summed E-state index contributed by atoms with van der Waals surface area (Å²) in [5, 5.41) is 3.19. The topological polar surface area (TPSA) is 47.6 Å². The first-order chi connectivity index (χ1) is 6.60. The van der Waals surface area contributed by atoms with Gasteiger partial charge in [-0.25, -0.2) is 0 Å². The second kappa shape index (κ2) is 3.93. The molecule has 3 unspecified atom stereocenters. The molecular formula is C9H18NO3P. The summed E-state index contributed by atoms with van der Waals surface area (Å²) in [4.78, 5) is 0. The van der Waals surface area contributed by atoms with Crippen LogP contribution >= 0.6 is 7.60 Å². The predicted molar refractivity (Wildman–Crippen MR) is 54.3 cm³/mol. The molecule has 14 heavy (non-hydrogen) atoms. The number of hydrogen-bond acceptors (Lipinski definition) is 4. The second-order valence-corrected chi connectivity index (χ2v) is 6.34. The zero-order valence-corrected chi connectivity index (χ0v) is 9.63. The minimum absolute atomic E-state index is 0.0481. The maximum Gasteiger partial charge on any atom is 0.347 e. The van der Waals surface area contributed by atoms with Gasteiger partial charge >= 0.3 is 7.60 Å². The Hall–Kier alpha value is 0.110. The highest BCUT2D eigenvalue weighted by Gasteiger charge is 2.43. The van der Waals surface area contributed by atoms with Gasteiger partial charge in [-0.05, 0) is 33.2 Å². The fraction of sp³-hybridized carbons (Fsp3) is 1.00. The van der Waals surface area contributed by atoms with E-state index in [0.29, 0.717) is 0 Å². The first-order valence-corrected chi connectivity index (χ1v) is 6.91. The van der Waals surface area contributed by atoms with Crippen molar-refractivity contribution < 1.29 is 13.6 Å². The van der Waals surface area contributed by atoms with E-state index in [1.165, 1.54) is 0 Å². The Labute approximate surface area is 84.9 Å². The summed E-state index contributed by atoms with van der Waals surface area (Å²) in [7, 11) is -2.88. The van der Waals surface area contributed by atoms with Gasteiger partial charge in [0.25, 0.3) is 0 Å². The largest absolute Gasteiger partial charge is 0.347 e. The highest BCUT2D eigenvalue weighted by Crippen LogP contribution is 2.59. The van der Waals surface area contributed by atoms with Crippen LogP contribution in [0.3, 0.4) is 0 Å². The Balaban J connectivity index is 2.09. The molecule has 0 aromatic carbocycles. The Morgan fingerprint density at radius 2 is 1.93 bits per heavy atom. The van der Waals surface area contributed by atoms with Crippen LogP contribution in [-0.2, 0) is 13.6 Å². The van der Waals surface area contributed by atoms with Crippen molar-refractivity contribution in [1.29, 1.82) is 0 Å². The summed E-state index contributed by atoms with van der Waals surface area (Å²) in [5.41, 5.74) is 0. The van der Waals surface area contributed by atoms with Crippen molar-refractivity contribution in [1.82, 2.24) is 5.32 Å². The Morgan fingerprint density at radius 1 is 1.29 bits per heavy atom. The molecule has 2 fully saturated rings. The lowest BCUT2D eigenvalue weighted by molar-refractivity contribution is 0.0437. The van der Waals surface area contributed by atoms with Crippen LogP contribution in [0.25, 0.3) is 0 Å². The first kappa shape index (κ1) is 10.6. The summed E-state index contributed by atoms with van der Waals surface area (Å²) in [6.07, 6.45) is 2.89. The summed E-state index contributed by atoms with van der Waals surface area (Å²) in [6, 6.07) is 0. The zero-order chi connectivity index (χ0) is 10.2. The van der Waals surface area contributed by atoms with Crippen molar-refractivity contribution in [2.75, 3.05) is 6.54 Å². The van der Waals surface area contributed by atoms with Crippen molar-refractivity contribution in [3.63, 3.8) is 0 Å². The maximum absolute atomic E-state index is 12.3. The molecule has 0 spiro atoms. The molecule has 2 rings (SSSR count). The molecule has 4 nitrogen and oxygen atoms in total. The van der Waals surface area contributed by atoms with E-state index in [-0.39, 0.29) is 18.0 Å². The lowest BCUT2D eigenvalue weighted by Crippen LogP contribution is -2.32. The van der Waals surface area contributed by atoms with E-state index < -0.39 is 7.60 Å². The van der Waals surface area contributed by atoms with Crippen LogP contribution in [0.2, 0.25) is 0 Å². The molecule has 0 aromatic heterocycles. The normalized spacial score (nSPS) is 49.4. The number of hydrogen-bond donors (Lipinski definition) is 1. The van der Waals surface area contributed by atoms with Gasteiger partial charge in [0.2, 0.25) is 0 Å². The van der Waals surface area contributed by atoms with E-state index in [2.05, 4.69) is 5.32 Å². The summed E-state index contributed by atoms with van der Waals surface area (Å²) in [6.45, 7) is 4.84. The standard InChI is InChI=1S/C9H18NO3P/c1-7-6-8(2)13-14(11,12-7)9-4-3-5-10-9/h7-10H,3-6H2,1-2H3. The molecule has 2 saturated heterocycles.